The molecule has 6 nitrogen and oxygen atoms in total. The molecule has 0 fully saturated rings. The minimum atomic E-state index is -3.06. The van der Waals surface area contributed by atoms with Gasteiger partial charge in [0.1, 0.15) is 9.84 Å². The molecule has 0 unspecified atom stereocenters. The first-order chi connectivity index (χ1) is 11.0. The van der Waals surface area contributed by atoms with E-state index in [4.69, 9.17) is 0 Å². The Morgan fingerprint density at radius 3 is 2.54 bits per heavy atom. The minimum Gasteiger partial charge on any atom is -0.351 e. The molecule has 2 aromatic rings. The lowest BCUT2D eigenvalue weighted by molar-refractivity contribution is 0.577. The molecule has 1 N–H and O–H groups in total. The molecule has 1 heterocycles. The molecule has 0 atom stereocenters. The van der Waals surface area contributed by atoms with Crippen molar-refractivity contribution in [2.45, 2.75) is 39.3 Å². The number of fused-ring (bicyclic) bond motifs is 1. The van der Waals surface area contributed by atoms with Gasteiger partial charge in [0.2, 0.25) is 5.95 Å². The molecule has 132 valence electrons. The number of benzene rings is 1. The Bertz CT molecular complexity index is 915. The number of para-hydroxylation sites is 1. The van der Waals surface area contributed by atoms with E-state index in [2.05, 4.69) is 32.9 Å². The smallest absolute Gasteiger partial charge is 0.262 e. The van der Waals surface area contributed by atoms with Crippen LogP contribution >= 0.6 is 22.6 Å². The Kier molecular flexibility index (Phi) is 5.58. The Hall–Kier alpha value is -1.16. The second-order valence-electron chi connectivity index (χ2n) is 6.89. The third-order valence-corrected chi connectivity index (χ3v) is 5.22. The van der Waals surface area contributed by atoms with Gasteiger partial charge in [0.15, 0.2) is 0 Å². The Balaban J connectivity index is 2.55. The summed E-state index contributed by atoms with van der Waals surface area (Å²) in [7, 11) is -3.06. The lowest BCUT2D eigenvalue weighted by Gasteiger charge is -2.24. The highest BCUT2D eigenvalue weighted by Gasteiger charge is 2.18. The van der Waals surface area contributed by atoms with Crippen LogP contribution in [-0.2, 0) is 16.4 Å². The molecule has 1 aromatic heterocycles. The predicted molar refractivity (Wildman–Crippen MR) is 106 cm³/mol. The zero-order valence-corrected chi connectivity index (χ0v) is 17.2. The summed E-state index contributed by atoms with van der Waals surface area (Å²) >= 11 is 2.16. The van der Waals surface area contributed by atoms with Crippen molar-refractivity contribution >= 4 is 49.3 Å². The van der Waals surface area contributed by atoms with Gasteiger partial charge in [-0.05, 0) is 61.9 Å². The second kappa shape index (κ2) is 6.99. The molecule has 0 aliphatic carbocycles. The quantitative estimate of drug-likeness (QED) is 0.690. The summed E-state index contributed by atoms with van der Waals surface area (Å²) < 4.78 is 25.2. The van der Waals surface area contributed by atoms with Gasteiger partial charge in [-0.1, -0.05) is 6.07 Å². The molecular weight excluding hydrogens is 441 g/mol. The van der Waals surface area contributed by atoms with E-state index in [9.17, 15) is 13.2 Å². The average Bonchev–Trinajstić information content (AvgIpc) is 2.40. The SMILES string of the molecule is CC(C)(C)Nc1nc2c(I)cccc2c(=O)n1CCCS(C)(=O)=O. The van der Waals surface area contributed by atoms with E-state index in [1.807, 2.05) is 32.9 Å². The predicted octanol–water partition coefficient (Wildman–Crippen LogP) is 2.65. The van der Waals surface area contributed by atoms with E-state index < -0.39 is 9.84 Å². The van der Waals surface area contributed by atoms with Gasteiger partial charge >= 0.3 is 0 Å². The van der Waals surface area contributed by atoms with Crippen LogP contribution in [-0.4, -0.2) is 35.5 Å². The second-order valence-corrected chi connectivity index (χ2v) is 10.3. The van der Waals surface area contributed by atoms with Gasteiger partial charge in [0, 0.05) is 21.9 Å². The molecule has 0 bridgehead atoms. The number of aromatic nitrogens is 2. The number of hydrogen-bond acceptors (Lipinski definition) is 5. The van der Waals surface area contributed by atoms with Crippen molar-refractivity contribution in [3.8, 4) is 0 Å². The maximum atomic E-state index is 12.9. The number of nitrogens with zero attached hydrogens (tertiary/aromatic N) is 2. The molecule has 1 aromatic carbocycles. The highest BCUT2D eigenvalue weighted by atomic mass is 127. The van der Waals surface area contributed by atoms with Crippen LogP contribution in [0.15, 0.2) is 23.0 Å². The third-order valence-electron chi connectivity index (χ3n) is 3.32. The fraction of sp³-hybridized carbons (Fsp3) is 0.500. The van der Waals surface area contributed by atoms with Crippen LogP contribution in [0, 0.1) is 3.57 Å². The van der Waals surface area contributed by atoms with E-state index in [1.54, 1.807) is 6.07 Å². The lowest BCUT2D eigenvalue weighted by atomic mass is 10.1. The molecule has 2 rings (SSSR count). The van der Waals surface area contributed by atoms with E-state index >= 15 is 0 Å². The summed E-state index contributed by atoms with van der Waals surface area (Å²) in [5.41, 5.74) is 0.235. The normalized spacial score (nSPS) is 12.5. The summed E-state index contributed by atoms with van der Waals surface area (Å²) in [6.07, 6.45) is 1.57. The Morgan fingerprint density at radius 2 is 1.96 bits per heavy atom. The molecule has 0 spiro atoms. The van der Waals surface area contributed by atoms with E-state index in [0.717, 1.165) is 3.57 Å². The van der Waals surface area contributed by atoms with Crippen LogP contribution in [0.3, 0.4) is 0 Å². The van der Waals surface area contributed by atoms with Crippen molar-refractivity contribution in [3.05, 3.63) is 32.1 Å². The lowest BCUT2D eigenvalue weighted by Crippen LogP contribution is -2.33. The molecule has 0 amide bonds. The molecule has 0 aliphatic heterocycles. The molecule has 0 radical (unpaired) electrons. The maximum absolute atomic E-state index is 12.9. The van der Waals surface area contributed by atoms with Gasteiger partial charge in [-0.3, -0.25) is 9.36 Å². The zero-order valence-electron chi connectivity index (χ0n) is 14.3. The van der Waals surface area contributed by atoms with Crippen molar-refractivity contribution in [1.82, 2.24) is 9.55 Å². The van der Waals surface area contributed by atoms with Gasteiger partial charge in [0.25, 0.3) is 5.56 Å². The van der Waals surface area contributed by atoms with Crippen LogP contribution in [0.5, 0.6) is 0 Å². The molecule has 0 aliphatic rings. The standard InChI is InChI=1S/C16H22IN3O3S/c1-16(2,3)19-15-18-13-11(7-5-8-12(13)17)14(21)20(15)9-6-10-24(4,22)23/h5,7-8H,6,9-10H2,1-4H3,(H,18,19). The van der Waals surface area contributed by atoms with Crippen molar-refractivity contribution < 1.29 is 8.42 Å². The van der Waals surface area contributed by atoms with Crippen LogP contribution in [0.1, 0.15) is 27.2 Å². The van der Waals surface area contributed by atoms with Crippen molar-refractivity contribution in [2.24, 2.45) is 0 Å². The largest absolute Gasteiger partial charge is 0.351 e. The Labute approximate surface area is 155 Å². The number of hydrogen-bond donors (Lipinski definition) is 1. The van der Waals surface area contributed by atoms with Crippen molar-refractivity contribution in [1.29, 1.82) is 0 Å². The van der Waals surface area contributed by atoms with Gasteiger partial charge in [-0.25, -0.2) is 13.4 Å². The molecule has 0 saturated carbocycles. The number of nitrogens with one attached hydrogen (secondary N) is 1. The molecule has 0 saturated heterocycles. The van der Waals surface area contributed by atoms with Gasteiger partial charge < -0.3 is 5.32 Å². The zero-order chi connectivity index (χ0) is 18.1. The first kappa shape index (κ1) is 19.2. The van der Waals surface area contributed by atoms with Crippen LogP contribution in [0.2, 0.25) is 0 Å². The van der Waals surface area contributed by atoms with Gasteiger partial charge in [-0.15, -0.1) is 0 Å². The summed E-state index contributed by atoms with van der Waals surface area (Å²) in [6.45, 7) is 6.26. The molecular formula is C16H22IN3O3S. The summed E-state index contributed by atoms with van der Waals surface area (Å²) in [6, 6.07) is 5.48. The average molecular weight is 463 g/mol. The molecule has 24 heavy (non-hydrogen) atoms. The van der Waals surface area contributed by atoms with Crippen LogP contribution in [0.25, 0.3) is 10.9 Å². The first-order valence-corrected chi connectivity index (χ1v) is 10.8. The maximum Gasteiger partial charge on any atom is 0.262 e. The summed E-state index contributed by atoms with van der Waals surface area (Å²) in [4.78, 5) is 17.5. The monoisotopic (exact) mass is 463 g/mol. The van der Waals surface area contributed by atoms with Crippen LogP contribution in [0.4, 0.5) is 5.95 Å². The first-order valence-electron chi connectivity index (χ1n) is 7.63. The summed E-state index contributed by atoms with van der Waals surface area (Å²) in [5.74, 6) is 0.510. The highest BCUT2D eigenvalue weighted by molar-refractivity contribution is 14.1. The van der Waals surface area contributed by atoms with Crippen molar-refractivity contribution in [3.63, 3.8) is 0 Å². The van der Waals surface area contributed by atoms with Crippen molar-refractivity contribution in [2.75, 3.05) is 17.3 Å². The fourth-order valence-corrected chi connectivity index (χ4v) is 3.60. The summed E-state index contributed by atoms with van der Waals surface area (Å²) in [5, 5.41) is 3.80. The third kappa shape index (κ3) is 4.92. The van der Waals surface area contributed by atoms with Crippen LogP contribution < -0.4 is 10.9 Å². The van der Waals surface area contributed by atoms with Gasteiger partial charge in [-0.2, -0.15) is 0 Å². The van der Waals surface area contributed by atoms with E-state index in [1.165, 1.54) is 10.8 Å². The van der Waals surface area contributed by atoms with E-state index in [-0.39, 0.29) is 16.9 Å². The fourth-order valence-electron chi connectivity index (χ4n) is 2.33. The number of anilines is 1. The number of halogens is 1. The number of rotatable bonds is 5. The molecule has 8 heteroatoms. The highest BCUT2D eigenvalue weighted by Crippen LogP contribution is 2.20. The minimum absolute atomic E-state index is 0.0404. The Morgan fingerprint density at radius 1 is 1.29 bits per heavy atom. The van der Waals surface area contributed by atoms with E-state index in [0.29, 0.717) is 29.8 Å². The van der Waals surface area contributed by atoms with Gasteiger partial charge in [0.05, 0.1) is 16.7 Å². The number of sulfone groups is 1. The topological polar surface area (TPSA) is 81.1 Å².